The van der Waals surface area contributed by atoms with Gasteiger partial charge in [-0.05, 0) is 43.7 Å². The van der Waals surface area contributed by atoms with Crippen molar-refractivity contribution < 1.29 is 18.0 Å². The van der Waals surface area contributed by atoms with Crippen molar-refractivity contribution in [2.45, 2.75) is 54.7 Å². The van der Waals surface area contributed by atoms with Crippen molar-refractivity contribution in [2.24, 2.45) is 5.92 Å². The summed E-state index contributed by atoms with van der Waals surface area (Å²) in [7, 11) is -3.42. The lowest BCUT2D eigenvalue weighted by molar-refractivity contribution is -0.120. The quantitative estimate of drug-likeness (QED) is 0.533. The van der Waals surface area contributed by atoms with Crippen LogP contribution in [-0.4, -0.2) is 40.1 Å². The normalized spacial score (nSPS) is 20.0. The summed E-state index contributed by atoms with van der Waals surface area (Å²) >= 11 is 7.09. The number of hydrogen-bond acceptors (Lipinski definition) is 7. The van der Waals surface area contributed by atoms with Crippen LogP contribution < -0.4 is 5.32 Å². The second-order valence-electron chi connectivity index (χ2n) is 8.38. The molecule has 5 rings (SSSR count). The first-order valence-electron chi connectivity index (χ1n) is 10.5. The highest BCUT2D eigenvalue weighted by Crippen LogP contribution is 2.38. The smallest absolute Gasteiger partial charge is 0.251 e. The van der Waals surface area contributed by atoms with Crippen LogP contribution in [0.25, 0.3) is 10.9 Å². The Bertz CT molecular complexity index is 1310. The van der Waals surface area contributed by atoms with Crippen LogP contribution in [0.2, 0.25) is 4.34 Å². The largest absolute Gasteiger partial charge is 0.300 e. The molecule has 168 valence electrons. The van der Waals surface area contributed by atoms with Gasteiger partial charge in [0, 0.05) is 18.2 Å². The first-order valence-corrected chi connectivity index (χ1v) is 13.2. The van der Waals surface area contributed by atoms with Gasteiger partial charge in [-0.15, -0.1) is 0 Å². The number of amides is 1. The van der Waals surface area contributed by atoms with E-state index in [1.807, 2.05) is 0 Å². The summed E-state index contributed by atoms with van der Waals surface area (Å²) in [5, 5.41) is 7.78. The van der Waals surface area contributed by atoms with E-state index in [4.69, 9.17) is 11.6 Å². The van der Waals surface area contributed by atoms with Crippen molar-refractivity contribution in [3.63, 3.8) is 0 Å². The molecule has 2 aromatic heterocycles. The van der Waals surface area contributed by atoms with Crippen LogP contribution in [-0.2, 0) is 19.4 Å². The number of nitrogens with one attached hydrogen (secondary N) is 1. The Kier molecular flexibility index (Phi) is 5.55. The summed E-state index contributed by atoms with van der Waals surface area (Å²) < 4.78 is 27.8. The molecule has 0 spiro atoms. The van der Waals surface area contributed by atoms with Gasteiger partial charge in [0.05, 0.1) is 28.1 Å². The lowest BCUT2D eigenvalue weighted by atomic mass is 9.97. The summed E-state index contributed by atoms with van der Waals surface area (Å²) in [6.07, 6.45) is 6.43. The highest BCUT2D eigenvalue weighted by molar-refractivity contribution is 7.92. The summed E-state index contributed by atoms with van der Waals surface area (Å²) in [4.78, 5) is 29.4. The average Bonchev–Trinajstić information content (AvgIpc) is 3.24. The van der Waals surface area contributed by atoms with Crippen molar-refractivity contribution in [3.05, 3.63) is 34.9 Å². The molecular weight excluding hydrogens is 472 g/mol. The molecule has 3 aromatic rings. The van der Waals surface area contributed by atoms with Gasteiger partial charge in [0.2, 0.25) is 0 Å². The van der Waals surface area contributed by atoms with Gasteiger partial charge in [-0.2, -0.15) is 5.10 Å². The molecule has 2 unspecified atom stereocenters. The number of rotatable bonds is 7. The maximum absolute atomic E-state index is 13.3. The fraction of sp³-hybridized carbons (Fsp3) is 0.429. The molecule has 1 aromatic carbocycles. The Morgan fingerprint density at radius 3 is 2.75 bits per heavy atom. The number of aromatic nitrogens is 3. The summed E-state index contributed by atoms with van der Waals surface area (Å²) in [5.74, 6) is -0.0596. The number of halogens is 1. The zero-order valence-corrected chi connectivity index (χ0v) is 19.4. The fourth-order valence-corrected chi connectivity index (χ4v) is 6.99. The van der Waals surface area contributed by atoms with E-state index in [1.54, 1.807) is 22.9 Å². The summed E-state index contributed by atoms with van der Waals surface area (Å²) in [5.41, 5.74) is 0.577. The molecule has 0 aliphatic heterocycles. The number of carbonyl (C=O) groups excluding carboxylic acids is 2. The molecule has 2 aliphatic carbocycles. The van der Waals surface area contributed by atoms with Crippen molar-refractivity contribution >= 4 is 60.5 Å². The summed E-state index contributed by atoms with van der Waals surface area (Å²) in [6.45, 7) is 0. The molecular formula is C21H21ClN4O4S2. The van der Waals surface area contributed by atoms with Crippen molar-refractivity contribution in [1.82, 2.24) is 14.8 Å². The zero-order chi connectivity index (χ0) is 22.5. The van der Waals surface area contributed by atoms with Crippen LogP contribution in [0, 0.1) is 5.92 Å². The van der Waals surface area contributed by atoms with Gasteiger partial charge < -0.3 is 5.32 Å². The van der Waals surface area contributed by atoms with Gasteiger partial charge in [0.25, 0.3) is 5.91 Å². The van der Waals surface area contributed by atoms with Crippen molar-refractivity contribution in [2.75, 3.05) is 5.32 Å². The maximum atomic E-state index is 13.3. The maximum Gasteiger partial charge on any atom is 0.251 e. The van der Waals surface area contributed by atoms with Crippen LogP contribution in [0.3, 0.4) is 0 Å². The minimum atomic E-state index is -3.42. The molecule has 0 bridgehead atoms. The van der Waals surface area contributed by atoms with E-state index in [-0.39, 0.29) is 27.8 Å². The Labute approximate surface area is 193 Å². The van der Waals surface area contributed by atoms with Crippen LogP contribution in [0.15, 0.2) is 35.5 Å². The van der Waals surface area contributed by atoms with Gasteiger partial charge in [-0.25, -0.2) is 13.4 Å². The van der Waals surface area contributed by atoms with Gasteiger partial charge in [-0.1, -0.05) is 29.0 Å². The third-order valence-electron chi connectivity index (χ3n) is 6.08. The molecule has 11 heteroatoms. The van der Waals surface area contributed by atoms with Gasteiger partial charge in [0.15, 0.2) is 15.0 Å². The topological polar surface area (TPSA) is 111 Å². The van der Waals surface area contributed by atoms with E-state index >= 15 is 0 Å². The van der Waals surface area contributed by atoms with E-state index in [9.17, 15) is 18.0 Å². The predicted molar refractivity (Wildman–Crippen MR) is 122 cm³/mol. The molecule has 2 heterocycles. The molecule has 8 nitrogen and oxygen atoms in total. The van der Waals surface area contributed by atoms with Crippen molar-refractivity contribution in [3.8, 4) is 0 Å². The highest BCUT2D eigenvalue weighted by Gasteiger charge is 2.38. The third-order valence-corrected chi connectivity index (χ3v) is 9.43. The number of carbonyl (C=O) groups is 2. The molecule has 1 N–H and O–H groups in total. The number of nitrogens with zero attached hydrogens (tertiary/aromatic N) is 3. The Morgan fingerprint density at radius 1 is 1.28 bits per heavy atom. The van der Waals surface area contributed by atoms with Crippen LogP contribution in [0.5, 0.6) is 0 Å². The number of thiazole rings is 1. The Balaban J connectivity index is 1.53. The lowest BCUT2D eigenvalue weighted by Crippen LogP contribution is -2.28. The first-order chi connectivity index (χ1) is 15.3. The second kappa shape index (κ2) is 8.24. The number of hydrogen-bond donors (Lipinski definition) is 1. The first kappa shape index (κ1) is 21.5. The minimum absolute atomic E-state index is 0.0655. The Morgan fingerprint density at radius 2 is 2.09 bits per heavy atom. The van der Waals surface area contributed by atoms with Crippen LogP contribution in [0.1, 0.15) is 44.6 Å². The van der Waals surface area contributed by atoms with E-state index in [1.165, 1.54) is 12.4 Å². The molecule has 2 fully saturated rings. The number of ketones is 1. The molecule has 0 saturated heterocycles. The van der Waals surface area contributed by atoms with Crippen LogP contribution in [0.4, 0.5) is 5.13 Å². The second-order valence-corrected chi connectivity index (χ2v) is 12.2. The minimum Gasteiger partial charge on any atom is -0.300 e. The molecule has 1 amide bonds. The van der Waals surface area contributed by atoms with Gasteiger partial charge >= 0.3 is 0 Å². The number of sulfone groups is 1. The third kappa shape index (κ3) is 4.06. The Hall–Kier alpha value is -2.30. The van der Waals surface area contributed by atoms with Gasteiger partial charge in [0.1, 0.15) is 16.2 Å². The van der Waals surface area contributed by atoms with E-state index in [0.29, 0.717) is 52.5 Å². The molecule has 2 saturated carbocycles. The fourth-order valence-electron chi connectivity index (χ4n) is 4.33. The molecule has 32 heavy (non-hydrogen) atoms. The predicted octanol–water partition coefficient (Wildman–Crippen LogP) is 4.02. The number of fused-ring (bicyclic) bond motifs is 1. The standard InChI is InChI=1S/C21H21ClN4O4S2/c22-19-11-23-21(31-19)25-20(28)17(9-12-4-5-13(27)8-12)26-16-2-1-3-18(15(16)10-24-26)32(29,30)14-6-7-14/h1-3,10-12,14,17H,4-9H2,(H,23,25,28). The zero-order valence-electron chi connectivity index (χ0n) is 17.0. The number of benzene rings is 1. The molecule has 2 aliphatic rings. The SMILES string of the molecule is O=C1CCC(CC(C(=O)Nc2ncc(Cl)s2)n2ncc3c(S(=O)(=O)C4CC4)cccc32)C1. The van der Waals surface area contributed by atoms with E-state index < -0.39 is 15.9 Å². The number of anilines is 1. The molecule has 2 atom stereocenters. The lowest BCUT2D eigenvalue weighted by Gasteiger charge is -2.21. The average molecular weight is 493 g/mol. The number of Topliss-reactive ketones (excluding diaryl/α,β-unsaturated/α-hetero) is 1. The van der Waals surface area contributed by atoms with E-state index in [2.05, 4.69) is 15.4 Å². The highest BCUT2D eigenvalue weighted by atomic mass is 35.5. The molecule has 0 radical (unpaired) electrons. The monoisotopic (exact) mass is 492 g/mol. The summed E-state index contributed by atoms with van der Waals surface area (Å²) in [6, 6.07) is 4.34. The van der Waals surface area contributed by atoms with E-state index in [0.717, 1.165) is 17.8 Å². The van der Waals surface area contributed by atoms with Crippen molar-refractivity contribution in [1.29, 1.82) is 0 Å². The van der Waals surface area contributed by atoms with Crippen LogP contribution >= 0.6 is 22.9 Å². The van der Waals surface area contributed by atoms with Gasteiger partial charge in [-0.3, -0.25) is 14.3 Å².